The minimum atomic E-state index is -0.377. The van der Waals surface area contributed by atoms with Gasteiger partial charge in [0.1, 0.15) is 0 Å². The Labute approximate surface area is 148 Å². The number of hydrogen-bond donors (Lipinski definition) is 1. The molecule has 0 radical (unpaired) electrons. The standard InChI is InChI=1S/C18H28N4O3/c1-24-12-18(6-8-19-9-7-18)17(23)22-10-2-3-14(11-22)15-20-16(25-21-15)13-4-5-13/h13-14,19H,2-12H2,1H3. The Bertz CT molecular complexity index is 602. The fraction of sp³-hybridized carbons (Fsp3) is 0.833. The number of hydrogen-bond acceptors (Lipinski definition) is 6. The Hall–Kier alpha value is -1.47. The van der Waals surface area contributed by atoms with E-state index in [0.29, 0.717) is 19.1 Å². The molecule has 1 atom stereocenters. The molecule has 25 heavy (non-hydrogen) atoms. The predicted molar refractivity (Wildman–Crippen MR) is 91.2 cm³/mol. The van der Waals surface area contributed by atoms with Crippen molar-refractivity contribution in [1.29, 1.82) is 0 Å². The van der Waals surface area contributed by atoms with Gasteiger partial charge in [0.05, 0.1) is 12.0 Å². The number of amides is 1. The second-order valence-electron chi connectivity index (χ2n) is 7.82. The van der Waals surface area contributed by atoms with Crippen LogP contribution in [0.25, 0.3) is 0 Å². The third-order valence-corrected chi connectivity index (χ3v) is 5.89. The maximum atomic E-state index is 13.3. The van der Waals surface area contributed by atoms with Gasteiger partial charge in [-0.25, -0.2) is 0 Å². The molecule has 3 aliphatic rings. The molecular formula is C18H28N4O3. The summed E-state index contributed by atoms with van der Waals surface area (Å²) in [5.74, 6) is 2.47. The van der Waals surface area contributed by atoms with Crippen LogP contribution in [0.4, 0.5) is 0 Å². The predicted octanol–water partition coefficient (Wildman–Crippen LogP) is 1.67. The van der Waals surface area contributed by atoms with E-state index in [1.165, 1.54) is 0 Å². The zero-order valence-electron chi connectivity index (χ0n) is 15.0. The Morgan fingerprint density at radius 1 is 1.32 bits per heavy atom. The zero-order valence-corrected chi connectivity index (χ0v) is 15.0. The summed E-state index contributed by atoms with van der Waals surface area (Å²) >= 11 is 0. The number of likely N-dealkylation sites (tertiary alicyclic amines) is 1. The highest BCUT2D eigenvalue weighted by Gasteiger charge is 2.43. The van der Waals surface area contributed by atoms with Gasteiger partial charge in [-0.2, -0.15) is 4.98 Å². The normalized spacial score (nSPS) is 26.6. The van der Waals surface area contributed by atoms with Gasteiger partial charge in [-0.15, -0.1) is 0 Å². The Morgan fingerprint density at radius 3 is 2.84 bits per heavy atom. The van der Waals surface area contributed by atoms with Crippen LogP contribution in [-0.2, 0) is 9.53 Å². The lowest BCUT2D eigenvalue weighted by molar-refractivity contribution is -0.149. The smallest absolute Gasteiger partial charge is 0.231 e. The average molecular weight is 348 g/mol. The SMILES string of the molecule is COCC1(C(=O)N2CCCC(c3noc(C4CC4)n3)C2)CCNCC1. The molecule has 4 rings (SSSR count). The summed E-state index contributed by atoms with van der Waals surface area (Å²) in [7, 11) is 1.69. The molecule has 1 N–H and O–H groups in total. The van der Waals surface area contributed by atoms with Gasteiger partial charge in [0, 0.05) is 32.0 Å². The highest BCUT2D eigenvalue weighted by molar-refractivity contribution is 5.83. The molecule has 3 fully saturated rings. The number of nitrogens with one attached hydrogen (secondary N) is 1. The first-order valence-electron chi connectivity index (χ1n) is 9.54. The highest BCUT2D eigenvalue weighted by atomic mass is 16.5. The van der Waals surface area contributed by atoms with Gasteiger partial charge in [0.2, 0.25) is 11.8 Å². The molecule has 2 aliphatic heterocycles. The van der Waals surface area contributed by atoms with E-state index in [0.717, 1.165) is 69.9 Å². The highest BCUT2D eigenvalue weighted by Crippen LogP contribution is 2.40. The maximum absolute atomic E-state index is 13.3. The van der Waals surface area contributed by atoms with Crippen LogP contribution in [0.15, 0.2) is 4.52 Å². The van der Waals surface area contributed by atoms with E-state index in [2.05, 4.69) is 15.5 Å². The second-order valence-corrected chi connectivity index (χ2v) is 7.82. The number of aromatic nitrogens is 2. The summed E-state index contributed by atoms with van der Waals surface area (Å²) in [5.41, 5.74) is -0.377. The van der Waals surface area contributed by atoms with Gasteiger partial charge < -0.3 is 19.5 Å². The molecule has 1 amide bonds. The lowest BCUT2D eigenvalue weighted by Crippen LogP contribution is -2.53. The monoisotopic (exact) mass is 348 g/mol. The van der Waals surface area contributed by atoms with Crippen molar-refractivity contribution in [2.75, 3.05) is 39.9 Å². The van der Waals surface area contributed by atoms with Crippen LogP contribution in [0.3, 0.4) is 0 Å². The molecule has 7 heteroatoms. The fourth-order valence-corrected chi connectivity index (χ4v) is 4.22. The van der Waals surface area contributed by atoms with E-state index in [4.69, 9.17) is 9.26 Å². The average Bonchev–Trinajstić information content (AvgIpc) is 3.39. The van der Waals surface area contributed by atoms with Crippen molar-refractivity contribution in [1.82, 2.24) is 20.4 Å². The van der Waals surface area contributed by atoms with Gasteiger partial charge in [-0.05, 0) is 51.6 Å². The summed E-state index contributed by atoms with van der Waals surface area (Å²) in [6.45, 7) is 3.77. The van der Waals surface area contributed by atoms with Crippen LogP contribution in [0.2, 0.25) is 0 Å². The van der Waals surface area contributed by atoms with Crippen LogP contribution in [0.5, 0.6) is 0 Å². The molecule has 1 aromatic heterocycles. The molecule has 0 spiro atoms. The van der Waals surface area contributed by atoms with Crippen LogP contribution in [0, 0.1) is 5.41 Å². The lowest BCUT2D eigenvalue weighted by atomic mass is 9.77. The van der Waals surface area contributed by atoms with Crippen molar-refractivity contribution >= 4 is 5.91 Å². The van der Waals surface area contributed by atoms with Crippen molar-refractivity contribution in [3.8, 4) is 0 Å². The van der Waals surface area contributed by atoms with Crippen molar-refractivity contribution in [2.45, 2.75) is 50.4 Å². The van der Waals surface area contributed by atoms with E-state index < -0.39 is 0 Å². The molecule has 1 unspecified atom stereocenters. The Morgan fingerprint density at radius 2 is 2.12 bits per heavy atom. The molecule has 1 aromatic rings. The van der Waals surface area contributed by atoms with E-state index in [1.54, 1.807) is 7.11 Å². The van der Waals surface area contributed by atoms with Gasteiger partial charge in [0.15, 0.2) is 5.82 Å². The van der Waals surface area contributed by atoms with E-state index in [1.807, 2.05) is 4.90 Å². The van der Waals surface area contributed by atoms with Crippen molar-refractivity contribution in [3.63, 3.8) is 0 Å². The molecule has 3 heterocycles. The third-order valence-electron chi connectivity index (χ3n) is 5.89. The summed E-state index contributed by atoms with van der Waals surface area (Å²) in [6.07, 6.45) is 6.01. The lowest BCUT2D eigenvalue weighted by Gasteiger charge is -2.42. The van der Waals surface area contributed by atoms with E-state index in [9.17, 15) is 4.79 Å². The quantitative estimate of drug-likeness (QED) is 0.872. The summed E-state index contributed by atoms with van der Waals surface area (Å²) < 4.78 is 10.8. The van der Waals surface area contributed by atoms with Gasteiger partial charge in [0.25, 0.3) is 0 Å². The van der Waals surface area contributed by atoms with Crippen LogP contribution < -0.4 is 5.32 Å². The minimum Gasteiger partial charge on any atom is -0.384 e. The summed E-state index contributed by atoms with van der Waals surface area (Å²) in [5, 5.41) is 7.55. The molecule has 1 aliphatic carbocycles. The molecule has 7 nitrogen and oxygen atoms in total. The number of carbonyl (C=O) groups is 1. The molecule has 0 aromatic carbocycles. The van der Waals surface area contributed by atoms with Gasteiger partial charge >= 0.3 is 0 Å². The van der Waals surface area contributed by atoms with Crippen LogP contribution in [-0.4, -0.2) is 60.8 Å². The molecule has 138 valence electrons. The number of rotatable bonds is 5. The molecular weight excluding hydrogens is 320 g/mol. The fourth-order valence-electron chi connectivity index (χ4n) is 4.22. The number of piperidine rings is 2. The Kier molecular flexibility index (Phi) is 4.78. The zero-order chi connectivity index (χ0) is 17.3. The van der Waals surface area contributed by atoms with Gasteiger partial charge in [-0.1, -0.05) is 5.16 Å². The maximum Gasteiger partial charge on any atom is 0.231 e. The van der Waals surface area contributed by atoms with Crippen molar-refractivity contribution < 1.29 is 14.1 Å². The third kappa shape index (κ3) is 3.44. The molecule has 2 saturated heterocycles. The van der Waals surface area contributed by atoms with Gasteiger partial charge in [-0.3, -0.25) is 4.79 Å². The topological polar surface area (TPSA) is 80.5 Å². The first-order chi connectivity index (χ1) is 12.2. The van der Waals surface area contributed by atoms with Crippen LogP contribution in [0.1, 0.15) is 62.1 Å². The van der Waals surface area contributed by atoms with E-state index in [-0.39, 0.29) is 17.2 Å². The minimum absolute atomic E-state index is 0.190. The number of carbonyl (C=O) groups excluding carboxylic acids is 1. The molecule has 0 bridgehead atoms. The van der Waals surface area contributed by atoms with E-state index >= 15 is 0 Å². The van der Waals surface area contributed by atoms with Crippen LogP contribution >= 0.6 is 0 Å². The van der Waals surface area contributed by atoms with Crippen molar-refractivity contribution in [3.05, 3.63) is 11.7 Å². The number of nitrogens with zero attached hydrogens (tertiary/aromatic N) is 3. The van der Waals surface area contributed by atoms with Crippen molar-refractivity contribution in [2.24, 2.45) is 5.41 Å². The second kappa shape index (κ2) is 7.03. The largest absolute Gasteiger partial charge is 0.384 e. The number of ether oxygens (including phenoxy) is 1. The number of methoxy groups -OCH3 is 1. The summed E-state index contributed by atoms with van der Waals surface area (Å²) in [6, 6.07) is 0. The summed E-state index contributed by atoms with van der Waals surface area (Å²) in [4.78, 5) is 19.9. The first-order valence-corrected chi connectivity index (χ1v) is 9.54. The first kappa shape index (κ1) is 17.0. The Balaban J connectivity index is 1.46. The molecule has 1 saturated carbocycles.